The van der Waals surface area contributed by atoms with Crippen LogP contribution in [0.15, 0.2) is 42.5 Å². The molecule has 20 heavy (non-hydrogen) atoms. The summed E-state index contributed by atoms with van der Waals surface area (Å²) in [5.41, 5.74) is 2.93. The molecule has 0 spiro atoms. The molecule has 2 rings (SSSR count). The Morgan fingerprint density at radius 2 is 1.80 bits per heavy atom. The third-order valence-corrected chi connectivity index (χ3v) is 3.04. The largest absolute Gasteiger partial charge is 0.289 e. The summed E-state index contributed by atoms with van der Waals surface area (Å²) in [5, 5.41) is 0. The Morgan fingerprint density at radius 3 is 2.45 bits per heavy atom. The van der Waals surface area contributed by atoms with Crippen molar-refractivity contribution in [2.24, 2.45) is 0 Å². The van der Waals surface area contributed by atoms with Crippen LogP contribution in [0.1, 0.15) is 27.0 Å². The Balaban J connectivity index is 2.24. The Labute approximate surface area is 116 Å². The van der Waals surface area contributed by atoms with E-state index in [2.05, 4.69) is 0 Å². The summed E-state index contributed by atoms with van der Waals surface area (Å²) in [5.74, 6) is -2.03. The average Bonchev–Trinajstić information content (AvgIpc) is 2.37. The second-order valence-corrected chi connectivity index (χ2v) is 4.68. The van der Waals surface area contributed by atoms with Crippen molar-refractivity contribution in [2.45, 2.75) is 13.8 Å². The third kappa shape index (κ3) is 3.18. The van der Waals surface area contributed by atoms with Crippen LogP contribution in [0.2, 0.25) is 0 Å². The highest BCUT2D eigenvalue weighted by molar-refractivity contribution is 6.07. The van der Waals surface area contributed by atoms with Gasteiger partial charge in [-0.1, -0.05) is 29.8 Å². The summed E-state index contributed by atoms with van der Waals surface area (Å²) >= 11 is 0. The fraction of sp³-hybridized carbons (Fsp3) is 0.118. The fourth-order valence-electron chi connectivity index (χ4n) is 1.96. The highest BCUT2D eigenvalue weighted by atomic mass is 19.1. The van der Waals surface area contributed by atoms with Crippen molar-refractivity contribution in [1.29, 1.82) is 0 Å². The number of carbonyl (C=O) groups is 1. The molecule has 0 radical (unpaired) electrons. The number of rotatable bonds is 3. The van der Waals surface area contributed by atoms with Crippen LogP contribution < -0.4 is 0 Å². The predicted octanol–water partition coefficient (Wildman–Crippen LogP) is 4.48. The van der Waals surface area contributed by atoms with Gasteiger partial charge in [0.2, 0.25) is 0 Å². The molecule has 2 aromatic carbocycles. The summed E-state index contributed by atoms with van der Waals surface area (Å²) in [6, 6.07) is 8.77. The second-order valence-electron chi connectivity index (χ2n) is 4.68. The smallest absolute Gasteiger partial charge is 0.188 e. The lowest BCUT2D eigenvalue weighted by Gasteiger charge is -2.02. The Kier molecular flexibility index (Phi) is 4.08. The molecule has 0 heterocycles. The van der Waals surface area contributed by atoms with Crippen LogP contribution in [0, 0.1) is 25.5 Å². The quantitative estimate of drug-likeness (QED) is 0.595. The molecule has 0 atom stereocenters. The van der Waals surface area contributed by atoms with Gasteiger partial charge in [0, 0.05) is 6.07 Å². The summed E-state index contributed by atoms with van der Waals surface area (Å²) in [6.45, 7) is 3.93. The van der Waals surface area contributed by atoms with Gasteiger partial charge in [-0.15, -0.1) is 0 Å². The average molecular weight is 272 g/mol. The van der Waals surface area contributed by atoms with Crippen molar-refractivity contribution in [3.05, 3.63) is 76.4 Å². The van der Waals surface area contributed by atoms with E-state index in [-0.39, 0.29) is 5.56 Å². The van der Waals surface area contributed by atoms with Gasteiger partial charge in [0.25, 0.3) is 0 Å². The fourth-order valence-corrected chi connectivity index (χ4v) is 1.96. The molecule has 0 bridgehead atoms. The zero-order valence-electron chi connectivity index (χ0n) is 11.3. The van der Waals surface area contributed by atoms with Crippen LogP contribution in [0.25, 0.3) is 6.08 Å². The number of benzene rings is 2. The lowest BCUT2D eigenvalue weighted by molar-refractivity contribution is 0.104. The zero-order valence-corrected chi connectivity index (χ0v) is 11.3. The van der Waals surface area contributed by atoms with Gasteiger partial charge in [-0.25, -0.2) is 8.78 Å². The molecule has 0 aliphatic heterocycles. The summed E-state index contributed by atoms with van der Waals surface area (Å²) in [6.07, 6.45) is 2.94. The van der Waals surface area contributed by atoms with Gasteiger partial charge in [0.05, 0.1) is 5.56 Å². The highest BCUT2D eigenvalue weighted by Gasteiger charge is 2.09. The van der Waals surface area contributed by atoms with Gasteiger partial charge in [-0.3, -0.25) is 4.79 Å². The summed E-state index contributed by atoms with van der Waals surface area (Å²) in [4.78, 5) is 11.9. The number of hydrogen-bond donors (Lipinski definition) is 0. The molecule has 0 N–H and O–H groups in total. The molecule has 0 aromatic heterocycles. The van der Waals surface area contributed by atoms with Crippen molar-refractivity contribution in [3.63, 3.8) is 0 Å². The first-order chi connectivity index (χ1) is 9.47. The lowest BCUT2D eigenvalue weighted by atomic mass is 10.0. The van der Waals surface area contributed by atoms with Crippen molar-refractivity contribution in [1.82, 2.24) is 0 Å². The van der Waals surface area contributed by atoms with E-state index in [4.69, 9.17) is 0 Å². The minimum Gasteiger partial charge on any atom is -0.289 e. The Bertz CT molecular complexity index is 687. The topological polar surface area (TPSA) is 17.1 Å². The molecule has 2 aromatic rings. The molecule has 0 unspecified atom stereocenters. The zero-order chi connectivity index (χ0) is 14.7. The van der Waals surface area contributed by atoms with Crippen LogP contribution in [0.4, 0.5) is 8.78 Å². The maximum atomic E-state index is 13.5. The Morgan fingerprint density at radius 1 is 1.05 bits per heavy atom. The molecular weight excluding hydrogens is 258 g/mol. The standard InChI is InChI=1S/C17H14F2O/c1-11-3-4-13(12(2)9-11)5-8-17(20)15-7-6-14(18)10-16(15)19/h3-10H,1-2H3. The molecule has 0 aliphatic carbocycles. The Hall–Kier alpha value is -2.29. The molecule has 0 saturated carbocycles. The molecule has 102 valence electrons. The van der Waals surface area contributed by atoms with Gasteiger partial charge in [-0.2, -0.15) is 0 Å². The van der Waals surface area contributed by atoms with E-state index in [0.29, 0.717) is 6.07 Å². The van der Waals surface area contributed by atoms with E-state index in [1.807, 2.05) is 32.0 Å². The first-order valence-electron chi connectivity index (χ1n) is 6.22. The molecule has 3 heteroatoms. The van der Waals surface area contributed by atoms with Gasteiger partial charge >= 0.3 is 0 Å². The van der Waals surface area contributed by atoms with Crippen LogP contribution >= 0.6 is 0 Å². The first-order valence-corrected chi connectivity index (χ1v) is 6.22. The highest BCUT2D eigenvalue weighted by Crippen LogP contribution is 2.14. The molecule has 1 nitrogen and oxygen atoms in total. The number of halogens is 2. The van der Waals surface area contributed by atoms with Crippen LogP contribution in [-0.4, -0.2) is 5.78 Å². The SMILES string of the molecule is Cc1ccc(C=CC(=O)c2ccc(F)cc2F)c(C)c1. The van der Waals surface area contributed by atoms with E-state index in [0.717, 1.165) is 28.8 Å². The summed E-state index contributed by atoms with van der Waals surface area (Å²) in [7, 11) is 0. The van der Waals surface area contributed by atoms with Gasteiger partial charge in [-0.05, 0) is 43.2 Å². The van der Waals surface area contributed by atoms with Crippen LogP contribution in [0.5, 0.6) is 0 Å². The van der Waals surface area contributed by atoms with E-state index < -0.39 is 17.4 Å². The minimum atomic E-state index is -0.847. The first kappa shape index (κ1) is 14.1. The van der Waals surface area contributed by atoms with Gasteiger partial charge in [0.1, 0.15) is 11.6 Å². The number of hydrogen-bond acceptors (Lipinski definition) is 1. The van der Waals surface area contributed by atoms with E-state index >= 15 is 0 Å². The minimum absolute atomic E-state index is 0.132. The maximum absolute atomic E-state index is 13.5. The third-order valence-electron chi connectivity index (χ3n) is 3.04. The van der Waals surface area contributed by atoms with Gasteiger partial charge < -0.3 is 0 Å². The molecule has 0 amide bonds. The van der Waals surface area contributed by atoms with Crippen molar-refractivity contribution >= 4 is 11.9 Å². The summed E-state index contributed by atoms with van der Waals surface area (Å²) < 4.78 is 26.2. The molecular formula is C17H14F2O. The van der Waals surface area contributed by atoms with Crippen molar-refractivity contribution in [3.8, 4) is 0 Å². The predicted molar refractivity (Wildman–Crippen MR) is 75.6 cm³/mol. The lowest BCUT2D eigenvalue weighted by Crippen LogP contribution is -1.99. The molecule has 0 saturated heterocycles. The number of carbonyl (C=O) groups excluding carboxylic acids is 1. The monoisotopic (exact) mass is 272 g/mol. The van der Waals surface area contributed by atoms with E-state index in [1.165, 1.54) is 6.08 Å². The molecule has 0 aliphatic rings. The maximum Gasteiger partial charge on any atom is 0.188 e. The molecule has 0 fully saturated rings. The van der Waals surface area contributed by atoms with Gasteiger partial charge in [0.15, 0.2) is 5.78 Å². The van der Waals surface area contributed by atoms with Crippen molar-refractivity contribution in [2.75, 3.05) is 0 Å². The number of ketones is 1. The number of aryl methyl sites for hydroxylation is 2. The van der Waals surface area contributed by atoms with Crippen LogP contribution in [-0.2, 0) is 0 Å². The number of allylic oxidation sites excluding steroid dienone is 1. The second kappa shape index (κ2) is 5.78. The van der Waals surface area contributed by atoms with Crippen LogP contribution in [0.3, 0.4) is 0 Å². The normalized spacial score (nSPS) is 11.0. The van der Waals surface area contributed by atoms with Crippen molar-refractivity contribution < 1.29 is 13.6 Å². The van der Waals surface area contributed by atoms with E-state index in [1.54, 1.807) is 6.08 Å². The van der Waals surface area contributed by atoms with E-state index in [9.17, 15) is 13.6 Å².